The van der Waals surface area contributed by atoms with E-state index in [1.165, 1.54) is 12.1 Å². The number of nitrogens with two attached hydrogens (primary N) is 1. The minimum Gasteiger partial charge on any atom is -0.320 e. The van der Waals surface area contributed by atoms with Crippen LogP contribution in [0, 0.1) is 11.6 Å². The van der Waals surface area contributed by atoms with Crippen molar-refractivity contribution in [2.75, 3.05) is 0 Å². The van der Waals surface area contributed by atoms with Crippen LogP contribution in [0.25, 0.3) is 0 Å². The molecule has 1 nitrogen and oxygen atoms in total. The molecule has 2 rings (SSSR count). The van der Waals surface area contributed by atoms with Gasteiger partial charge in [0.25, 0.3) is 0 Å². The lowest BCUT2D eigenvalue weighted by molar-refractivity contribution is 0.494. The van der Waals surface area contributed by atoms with Crippen molar-refractivity contribution in [1.82, 2.24) is 0 Å². The summed E-state index contributed by atoms with van der Waals surface area (Å²) in [4.78, 5) is 0. The van der Waals surface area contributed by atoms with Gasteiger partial charge < -0.3 is 5.73 Å². The van der Waals surface area contributed by atoms with Gasteiger partial charge in [-0.3, -0.25) is 0 Å². The van der Waals surface area contributed by atoms with Gasteiger partial charge in [0, 0.05) is 15.1 Å². The summed E-state index contributed by atoms with van der Waals surface area (Å²) < 4.78 is 27.5. The highest BCUT2D eigenvalue weighted by molar-refractivity contribution is 9.10. The van der Waals surface area contributed by atoms with Crippen molar-refractivity contribution in [3.63, 3.8) is 0 Å². The smallest absolute Gasteiger partial charge is 0.163 e. The van der Waals surface area contributed by atoms with Crippen molar-refractivity contribution in [2.24, 2.45) is 5.73 Å². The molecule has 0 aliphatic carbocycles. The van der Waals surface area contributed by atoms with Gasteiger partial charge in [0.15, 0.2) is 11.6 Å². The molecule has 0 bridgehead atoms. The lowest BCUT2D eigenvalue weighted by Crippen LogP contribution is -2.15. The van der Waals surface area contributed by atoms with Gasteiger partial charge in [0.2, 0.25) is 0 Å². The Morgan fingerprint density at radius 2 is 1.83 bits per heavy atom. The van der Waals surface area contributed by atoms with Crippen LogP contribution >= 0.6 is 27.5 Å². The normalized spacial score (nSPS) is 12.5. The van der Waals surface area contributed by atoms with Crippen LogP contribution in [0.15, 0.2) is 40.9 Å². The standard InChI is InChI=1S/C13H9BrClF2N/c14-10-6-7(15)4-5-8(10)13(18)9-2-1-3-11(16)12(9)17/h1-6,13H,18H2. The molecular weight excluding hydrogens is 324 g/mol. The van der Waals surface area contributed by atoms with E-state index in [0.717, 1.165) is 6.07 Å². The Hall–Kier alpha value is -0.970. The minimum atomic E-state index is -0.924. The zero-order chi connectivity index (χ0) is 13.3. The van der Waals surface area contributed by atoms with Crippen LogP contribution in [0.2, 0.25) is 5.02 Å². The molecule has 18 heavy (non-hydrogen) atoms. The Morgan fingerprint density at radius 1 is 1.11 bits per heavy atom. The van der Waals surface area contributed by atoms with Crippen molar-refractivity contribution in [2.45, 2.75) is 6.04 Å². The van der Waals surface area contributed by atoms with Crippen LogP contribution in [0.1, 0.15) is 17.2 Å². The molecule has 0 radical (unpaired) electrons. The first-order chi connectivity index (χ1) is 8.50. The molecule has 1 unspecified atom stereocenters. The van der Waals surface area contributed by atoms with Gasteiger partial charge in [-0.25, -0.2) is 8.78 Å². The molecule has 0 spiro atoms. The summed E-state index contributed by atoms with van der Waals surface area (Å²) in [5.74, 6) is -1.83. The fraction of sp³-hybridized carbons (Fsp3) is 0.0769. The van der Waals surface area contributed by atoms with Crippen molar-refractivity contribution >= 4 is 27.5 Å². The van der Waals surface area contributed by atoms with Crippen LogP contribution < -0.4 is 5.73 Å². The summed E-state index contributed by atoms with van der Waals surface area (Å²) in [6.45, 7) is 0. The topological polar surface area (TPSA) is 26.0 Å². The van der Waals surface area contributed by atoms with Crippen molar-refractivity contribution in [3.8, 4) is 0 Å². The monoisotopic (exact) mass is 331 g/mol. The van der Waals surface area contributed by atoms with E-state index >= 15 is 0 Å². The van der Waals surface area contributed by atoms with Crippen LogP contribution in [-0.2, 0) is 0 Å². The quantitative estimate of drug-likeness (QED) is 0.865. The van der Waals surface area contributed by atoms with E-state index in [0.29, 0.717) is 15.1 Å². The van der Waals surface area contributed by atoms with Gasteiger partial charge in [-0.2, -0.15) is 0 Å². The second-order valence-electron chi connectivity index (χ2n) is 3.79. The summed E-state index contributed by atoms with van der Waals surface area (Å²) in [5.41, 5.74) is 6.71. The van der Waals surface area contributed by atoms with E-state index in [1.54, 1.807) is 18.2 Å². The van der Waals surface area contributed by atoms with Gasteiger partial charge in [0.1, 0.15) is 0 Å². The minimum absolute atomic E-state index is 0.109. The van der Waals surface area contributed by atoms with Gasteiger partial charge >= 0.3 is 0 Å². The van der Waals surface area contributed by atoms with Gasteiger partial charge in [-0.1, -0.05) is 45.7 Å². The van der Waals surface area contributed by atoms with Crippen molar-refractivity contribution < 1.29 is 8.78 Å². The predicted molar refractivity (Wildman–Crippen MR) is 71.5 cm³/mol. The van der Waals surface area contributed by atoms with E-state index in [9.17, 15) is 8.78 Å². The molecule has 2 aromatic rings. The first-order valence-electron chi connectivity index (χ1n) is 5.15. The van der Waals surface area contributed by atoms with E-state index in [-0.39, 0.29) is 5.56 Å². The molecule has 5 heteroatoms. The lowest BCUT2D eigenvalue weighted by Gasteiger charge is -2.15. The first kappa shape index (κ1) is 13.5. The molecule has 0 aromatic heterocycles. The van der Waals surface area contributed by atoms with E-state index in [4.69, 9.17) is 17.3 Å². The molecule has 94 valence electrons. The number of benzene rings is 2. The van der Waals surface area contributed by atoms with Crippen LogP contribution in [-0.4, -0.2) is 0 Å². The molecule has 2 aromatic carbocycles. The summed E-state index contributed by atoms with van der Waals surface area (Å²) in [6, 6.07) is 8.19. The van der Waals surface area contributed by atoms with E-state index in [2.05, 4.69) is 15.9 Å². The summed E-state index contributed by atoms with van der Waals surface area (Å²) >= 11 is 9.13. The Bertz CT molecular complexity index is 589. The van der Waals surface area contributed by atoms with E-state index < -0.39 is 17.7 Å². The van der Waals surface area contributed by atoms with Crippen LogP contribution in [0.5, 0.6) is 0 Å². The Labute approximate surface area is 117 Å². The zero-order valence-corrected chi connectivity index (χ0v) is 11.5. The third-order valence-corrected chi connectivity index (χ3v) is 3.54. The summed E-state index contributed by atoms with van der Waals surface area (Å²) in [6.07, 6.45) is 0. The lowest BCUT2D eigenvalue weighted by atomic mass is 9.99. The summed E-state index contributed by atoms with van der Waals surface area (Å²) in [5, 5.41) is 0.539. The molecule has 0 amide bonds. The molecule has 1 atom stereocenters. The molecule has 0 heterocycles. The Balaban J connectivity index is 2.48. The maximum atomic E-state index is 13.7. The Morgan fingerprint density at radius 3 is 2.50 bits per heavy atom. The largest absolute Gasteiger partial charge is 0.320 e. The van der Waals surface area contributed by atoms with Gasteiger partial charge in [-0.05, 0) is 23.8 Å². The second-order valence-corrected chi connectivity index (χ2v) is 5.08. The first-order valence-corrected chi connectivity index (χ1v) is 6.32. The molecule has 0 saturated carbocycles. The number of rotatable bonds is 2. The highest BCUT2D eigenvalue weighted by Gasteiger charge is 2.18. The van der Waals surface area contributed by atoms with Crippen molar-refractivity contribution in [1.29, 1.82) is 0 Å². The average molecular weight is 333 g/mol. The van der Waals surface area contributed by atoms with Crippen LogP contribution in [0.4, 0.5) is 8.78 Å². The average Bonchev–Trinajstić information content (AvgIpc) is 2.32. The van der Waals surface area contributed by atoms with Crippen molar-refractivity contribution in [3.05, 3.63) is 68.7 Å². The third kappa shape index (κ3) is 2.55. The third-order valence-electron chi connectivity index (χ3n) is 2.61. The molecule has 0 aliphatic heterocycles. The molecular formula is C13H9BrClF2N. The number of hydrogen-bond acceptors (Lipinski definition) is 1. The maximum Gasteiger partial charge on any atom is 0.163 e. The maximum absolute atomic E-state index is 13.7. The predicted octanol–water partition coefficient (Wildman–Crippen LogP) is 4.43. The highest BCUT2D eigenvalue weighted by atomic mass is 79.9. The molecule has 0 aliphatic rings. The zero-order valence-electron chi connectivity index (χ0n) is 9.13. The summed E-state index contributed by atoms with van der Waals surface area (Å²) in [7, 11) is 0. The van der Waals surface area contributed by atoms with Crippen LogP contribution in [0.3, 0.4) is 0 Å². The van der Waals surface area contributed by atoms with Gasteiger partial charge in [-0.15, -0.1) is 0 Å². The second kappa shape index (κ2) is 5.34. The molecule has 2 N–H and O–H groups in total. The van der Waals surface area contributed by atoms with E-state index in [1.807, 2.05) is 0 Å². The SMILES string of the molecule is NC(c1ccc(Cl)cc1Br)c1cccc(F)c1F. The number of halogens is 4. The molecule has 0 fully saturated rings. The fourth-order valence-electron chi connectivity index (χ4n) is 1.68. The van der Waals surface area contributed by atoms with Gasteiger partial charge in [0.05, 0.1) is 6.04 Å². The fourth-order valence-corrected chi connectivity index (χ4v) is 2.61. The Kier molecular flexibility index (Phi) is 4.00. The number of hydrogen-bond donors (Lipinski definition) is 1. The highest BCUT2D eigenvalue weighted by Crippen LogP contribution is 2.30. The molecule has 0 saturated heterocycles.